The van der Waals surface area contributed by atoms with Gasteiger partial charge in [0.25, 0.3) is 29.5 Å². The summed E-state index contributed by atoms with van der Waals surface area (Å²) in [5, 5.41) is 50.9. The number of thiophene rings is 3. The van der Waals surface area contributed by atoms with Crippen LogP contribution in [0.15, 0.2) is 239 Å². The maximum absolute atomic E-state index is 14.2. The molecule has 10 N–H and O–H groups in total. The molecule has 6 aliphatic heterocycles. The van der Waals surface area contributed by atoms with Gasteiger partial charge in [0.05, 0.1) is 105 Å². The third-order valence-corrected chi connectivity index (χ3v) is 31.5. The minimum atomic E-state index is -0.416. The van der Waals surface area contributed by atoms with Crippen molar-refractivity contribution in [1.82, 2.24) is 71.4 Å². The predicted molar refractivity (Wildman–Crippen MR) is 575 cm³/mol. The molecular formula is C102H99FN24O7S8. The van der Waals surface area contributed by atoms with Gasteiger partial charge in [-0.15, -0.1) is 90.7 Å². The normalized spacial score (nSPS) is 15.0. The van der Waals surface area contributed by atoms with Crippen molar-refractivity contribution in [2.24, 2.45) is 0 Å². The first kappa shape index (κ1) is 97.0. The van der Waals surface area contributed by atoms with E-state index in [-0.39, 0.29) is 35.2 Å². The van der Waals surface area contributed by atoms with Crippen LogP contribution in [0, 0.1) is 5.82 Å². The zero-order valence-electron chi connectivity index (χ0n) is 77.3. The van der Waals surface area contributed by atoms with Crippen LogP contribution in [0.5, 0.6) is 11.5 Å². The lowest BCUT2D eigenvalue weighted by Crippen LogP contribution is -2.49. The number of nitrogens with zero attached hydrogens (tertiary/aromatic N) is 14. The van der Waals surface area contributed by atoms with Gasteiger partial charge in [0, 0.05) is 215 Å². The first-order valence-corrected chi connectivity index (χ1v) is 53.3. The van der Waals surface area contributed by atoms with Gasteiger partial charge in [0.2, 0.25) is 0 Å². The molecule has 0 spiro atoms. The molecular weight excluding hydrogens is 1950 g/mol. The average molecular weight is 2050 g/mol. The maximum atomic E-state index is 14.2. The summed E-state index contributed by atoms with van der Waals surface area (Å²) in [5.41, 5.74) is 14.1. The number of anilines is 10. The van der Waals surface area contributed by atoms with Crippen LogP contribution in [-0.4, -0.2) is 219 Å². The fourth-order valence-electron chi connectivity index (χ4n) is 16.8. The lowest BCUT2D eigenvalue weighted by atomic mass is 10.1. The Morgan fingerprint density at radius 3 is 1.33 bits per heavy atom. The van der Waals surface area contributed by atoms with E-state index in [1.165, 1.54) is 95.6 Å². The molecule has 18 heterocycles. The number of piperazine rings is 5. The van der Waals surface area contributed by atoms with E-state index in [1.807, 2.05) is 100 Å². The van der Waals surface area contributed by atoms with E-state index >= 15 is 0 Å². The van der Waals surface area contributed by atoms with Gasteiger partial charge in [-0.2, -0.15) is 0 Å². The first-order valence-electron chi connectivity index (χ1n) is 46.3. The van der Waals surface area contributed by atoms with Crippen LogP contribution in [0.1, 0.15) is 64.9 Å². The van der Waals surface area contributed by atoms with E-state index in [0.717, 1.165) is 230 Å². The van der Waals surface area contributed by atoms with Crippen LogP contribution in [0.4, 0.5) is 61.3 Å². The number of thiazole rings is 5. The maximum Gasteiger partial charge on any atom is 0.275 e. The number of rotatable bonds is 21. The Morgan fingerprint density at radius 1 is 0.394 bits per heavy atom. The molecule has 0 radical (unpaired) electrons. The molecule has 5 aromatic carbocycles. The number of amides is 5. The molecule has 6 aliphatic rings. The number of ether oxygens (including phenoxy) is 2. The lowest BCUT2D eigenvalue weighted by Gasteiger charge is -2.34. The Bertz CT molecular complexity index is 7100. The number of methoxy groups -OCH3 is 1. The van der Waals surface area contributed by atoms with Crippen molar-refractivity contribution in [3.05, 3.63) is 279 Å². The average Bonchev–Trinajstić information content (AvgIpc) is 1.65. The number of hydrogen-bond acceptors (Lipinski definition) is 34. The number of pyridine rings is 4. The monoisotopic (exact) mass is 2050 g/mol. The summed E-state index contributed by atoms with van der Waals surface area (Å²) in [6.45, 7) is 20.2. The fourth-order valence-corrected chi connectivity index (χ4v) is 23.5. The second kappa shape index (κ2) is 46.7. The van der Waals surface area contributed by atoms with Crippen molar-refractivity contribution in [1.29, 1.82) is 0 Å². The number of nitrogens with one attached hydrogen (secondary N) is 10. The van der Waals surface area contributed by atoms with Crippen LogP contribution in [0.25, 0.3) is 71.7 Å². The van der Waals surface area contributed by atoms with E-state index in [4.69, 9.17) is 9.47 Å². The van der Waals surface area contributed by atoms with Crippen molar-refractivity contribution in [3.8, 4) is 63.0 Å². The Morgan fingerprint density at radius 2 is 0.831 bits per heavy atom. The molecule has 17 aromatic rings. The Balaban J connectivity index is 0.000000113. The van der Waals surface area contributed by atoms with E-state index in [1.54, 1.807) is 106 Å². The second-order valence-electron chi connectivity index (χ2n) is 33.4. The number of fused-ring (bicyclic) bond motifs is 3. The number of benzene rings is 5. The topological polar surface area (TPSA) is 356 Å². The minimum absolute atomic E-state index is 0.183. The molecule has 40 heteroatoms. The molecule has 31 nitrogen and oxygen atoms in total. The van der Waals surface area contributed by atoms with Crippen LogP contribution in [0.3, 0.4) is 0 Å². The zero-order valence-corrected chi connectivity index (χ0v) is 83.8. The van der Waals surface area contributed by atoms with Gasteiger partial charge in [-0.3, -0.25) is 43.9 Å². The van der Waals surface area contributed by atoms with Crippen molar-refractivity contribution in [3.63, 3.8) is 0 Å². The number of carbonyl (C=O) groups excluding carboxylic acids is 5. The molecule has 0 bridgehead atoms. The highest BCUT2D eigenvalue weighted by Gasteiger charge is 2.28. The van der Waals surface area contributed by atoms with Gasteiger partial charge >= 0.3 is 0 Å². The molecule has 0 aliphatic carbocycles. The summed E-state index contributed by atoms with van der Waals surface area (Å²) in [4.78, 5) is 117. The highest BCUT2D eigenvalue weighted by molar-refractivity contribution is 7.25. The van der Waals surface area contributed by atoms with Gasteiger partial charge in [0.15, 0.2) is 0 Å². The van der Waals surface area contributed by atoms with Gasteiger partial charge in [-0.05, 0) is 143 Å². The Kier molecular flexibility index (Phi) is 31.9. The van der Waals surface area contributed by atoms with Crippen LogP contribution >= 0.6 is 90.7 Å². The van der Waals surface area contributed by atoms with Crippen LogP contribution in [-0.2, 0) is 6.42 Å². The summed E-state index contributed by atoms with van der Waals surface area (Å²) < 4.78 is 27.4. The molecule has 0 unspecified atom stereocenters. The van der Waals surface area contributed by atoms with E-state index in [9.17, 15) is 28.4 Å². The third-order valence-electron chi connectivity index (χ3n) is 24.0. The Hall–Kier alpha value is -13.9. The van der Waals surface area contributed by atoms with Crippen molar-refractivity contribution < 1.29 is 37.8 Å². The van der Waals surface area contributed by atoms with Crippen molar-refractivity contribution in [2.45, 2.75) is 19.4 Å². The fraction of sp³-hybridized carbons (Fsp3) is 0.235. The number of hydrogen-bond donors (Lipinski definition) is 10. The standard InChI is InChI=1S/C23H24N4O2S.2C21H19N5OS2.C20H20FN5O2S.C17H17N5OS2/c1-15-13-27(10-9-24-15)20-5-3-2-4-18(20)25-22(28)19-14-30-23(26-19)17-6-7-21-16(12-17)8-11-29-21;27-20(24-16-12-23-5-3-18(16)26-8-6-22-7-9-26)17-13-29-21(25-17)15-1-2-19-14(11-15)4-10-28-19;27-20(24-15-12-23-6-5-17(15)26-9-7-22-8-10-26)16-13-28-21(25-16)19-11-14-3-1-2-4-18(14)29-19;1-28-13-2-3-15(21)14(10-13)20-25-17(12-29-20)19(27)24-16-11-23-5-4-18(16)26-8-6-22-7-9-26;23-16(13-11-25-17(21-13)15-2-1-9-24-15)20-12-10-19-4-3-14(12)22-7-5-18-6-8-22/h2-7,12,14-15,24H,8-11,13H2,1H3,(H,25,28);1-5,10-13,22H,6-9H2,(H,24,27);1-6,11-13,22H,7-10H2,(H,24,27);2-5,10-12,22H,6-9H2,1H3,(H,24,27);1-4,9-11,18H,5-8H2,(H,20,23)/t15-;;;;/m0..../s1. The molecule has 1 atom stereocenters. The predicted octanol–water partition coefficient (Wildman–Crippen LogP) is 17.9. The van der Waals surface area contributed by atoms with Crippen molar-refractivity contribution >= 4 is 197 Å². The van der Waals surface area contributed by atoms with Gasteiger partial charge < -0.3 is 87.1 Å². The molecule has 724 valence electrons. The summed E-state index contributed by atoms with van der Waals surface area (Å²) in [5.74, 6) is -0.112. The van der Waals surface area contributed by atoms with E-state index < -0.39 is 5.82 Å². The summed E-state index contributed by atoms with van der Waals surface area (Å²) in [6, 6.07) is 49.4. The third kappa shape index (κ3) is 24.0. The van der Waals surface area contributed by atoms with Gasteiger partial charge in [0.1, 0.15) is 70.8 Å². The molecule has 5 saturated heterocycles. The number of para-hydroxylation sites is 2. The summed E-state index contributed by atoms with van der Waals surface area (Å²) in [7, 11) is 1.52. The smallest absolute Gasteiger partial charge is 0.275 e. The second-order valence-corrected chi connectivity index (χ2v) is 40.6. The zero-order chi connectivity index (χ0) is 97.0. The van der Waals surface area contributed by atoms with E-state index in [2.05, 4.69) is 189 Å². The van der Waals surface area contributed by atoms with E-state index in [0.29, 0.717) is 56.5 Å². The largest absolute Gasteiger partial charge is 0.497 e. The lowest BCUT2D eigenvalue weighted by molar-refractivity contribution is 0.101. The quantitative estimate of drug-likeness (QED) is 0.0319. The van der Waals surface area contributed by atoms with Gasteiger partial charge in [-0.1, -0.05) is 42.5 Å². The molecule has 142 heavy (non-hydrogen) atoms. The number of halogens is 1. The van der Waals surface area contributed by atoms with Crippen LogP contribution in [0.2, 0.25) is 0 Å². The first-order chi connectivity index (χ1) is 69.7. The SMILES string of the molecule is COc1ccc(F)c(-c2nc(C(=O)Nc3cnccc3N3CCNCC3)cs2)c1.C[C@H]1CN(c2ccccc2NC(=O)c2csc(-c3ccc4c(c3)CCO4)n2)CCN1.O=C(Nc1cnccc1N1CCNCC1)c1csc(-c2cc3ccccc3s2)n1.O=C(Nc1cnccc1N1CCNCC1)c1csc(-c2ccc3sccc3c2)n1.O=C(Nc1cnccc1N1CCNCC1)c1csc(-c2cccs2)n1. The molecule has 23 rings (SSSR count). The van der Waals surface area contributed by atoms with Crippen LogP contribution < -0.4 is 87.1 Å². The Labute approximate surface area is 850 Å². The minimum Gasteiger partial charge on any atom is -0.497 e. The number of aromatic nitrogens is 9. The van der Waals surface area contributed by atoms with Crippen molar-refractivity contribution in [2.75, 3.05) is 189 Å². The summed E-state index contributed by atoms with van der Waals surface area (Å²) in [6.07, 6.45) is 14.6. The molecule has 12 aromatic heterocycles. The summed E-state index contributed by atoms with van der Waals surface area (Å²) >= 11 is 12.2. The molecule has 5 amide bonds. The number of carbonyl (C=O) groups is 5. The molecule has 5 fully saturated rings. The highest BCUT2D eigenvalue weighted by Crippen LogP contribution is 2.40. The van der Waals surface area contributed by atoms with Gasteiger partial charge in [-0.25, -0.2) is 29.3 Å². The highest BCUT2D eigenvalue weighted by atomic mass is 32.1. The molecule has 0 saturated carbocycles.